The summed E-state index contributed by atoms with van der Waals surface area (Å²) in [5.41, 5.74) is 0. The Kier molecular flexibility index (Phi) is 7.49. The van der Waals surface area contributed by atoms with Gasteiger partial charge in [0.2, 0.25) is 11.8 Å². The molecule has 0 spiro atoms. The molecule has 0 saturated carbocycles. The number of nitrogens with zero attached hydrogens (tertiary/aromatic N) is 3. The smallest absolute Gasteiger partial charge is 0.248 e. The molecule has 2 rings (SSSR count). The van der Waals surface area contributed by atoms with Crippen molar-refractivity contribution < 1.29 is 14.3 Å². The van der Waals surface area contributed by atoms with E-state index in [4.69, 9.17) is 4.74 Å². The van der Waals surface area contributed by atoms with Crippen LogP contribution < -0.4 is 0 Å². The first-order chi connectivity index (χ1) is 11.5. The SMILES string of the molecule is COCC(=O)N1CCN(CC2CCN(C(=O)CC(C)C)CC2)CC1. The Balaban J connectivity index is 1.66. The third kappa shape index (κ3) is 5.74. The minimum atomic E-state index is 0.0918. The van der Waals surface area contributed by atoms with E-state index in [2.05, 4.69) is 18.7 Å². The van der Waals surface area contributed by atoms with Gasteiger partial charge >= 0.3 is 0 Å². The molecule has 2 aliphatic rings. The van der Waals surface area contributed by atoms with Gasteiger partial charge in [-0.2, -0.15) is 0 Å². The summed E-state index contributed by atoms with van der Waals surface area (Å²) in [6.45, 7) is 10.8. The van der Waals surface area contributed by atoms with E-state index in [0.29, 0.717) is 24.2 Å². The minimum Gasteiger partial charge on any atom is -0.375 e. The summed E-state index contributed by atoms with van der Waals surface area (Å²) < 4.78 is 4.92. The summed E-state index contributed by atoms with van der Waals surface area (Å²) in [6.07, 6.45) is 2.88. The van der Waals surface area contributed by atoms with Crippen LogP contribution in [0.3, 0.4) is 0 Å². The van der Waals surface area contributed by atoms with Gasteiger partial charge in [-0.15, -0.1) is 0 Å². The number of likely N-dealkylation sites (tertiary alicyclic amines) is 1. The molecule has 2 heterocycles. The molecule has 0 radical (unpaired) electrons. The fourth-order valence-corrected chi connectivity index (χ4v) is 3.60. The lowest BCUT2D eigenvalue weighted by Crippen LogP contribution is -2.51. The van der Waals surface area contributed by atoms with Gasteiger partial charge in [0.15, 0.2) is 0 Å². The zero-order valence-electron chi connectivity index (χ0n) is 15.5. The van der Waals surface area contributed by atoms with Gasteiger partial charge in [0.25, 0.3) is 0 Å². The van der Waals surface area contributed by atoms with Crippen LogP contribution in [0, 0.1) is 11.8 Å². The normalized spacial score (nSPS) is 20.7. The molecule has 0 aliphatic carbocycles. The topological polar surface area (TPSA) is 53.1 Å². The molecule has 24 heavy (non-hydrogen) atoms. The van der Waals surface area contributed by atoms with Crippen molar-refractivity contribution in [2.75, 3.05) is 59.5 Å². The number of piperidine rings is 1. The largest absolute Gasteiger partial charge is 0.375 e. The number of carbonyl (C=O) groups is 2. The number of carbonyl (C=O) groups excluding carboxylic acids is 2. The third-order valence-electron chi connectivity index (χ3n) is 5.06. The number of methoxy groups -OCH3 is 1. The van der Waals surface area contributed by atoms with Crippen LogP contribution in [0.2, 0.25) is 0 Å². The van der Waals surface area contributed by atoms with Gasteiger partial charge in [-0.25, -0.2) is 0 Å². The molecule has 0 aromatic rings. The maximum absolute atomic E-state index is 12.1. The quantitative estimate of drug-likeness (QED) is 0.726. The highest BCUT2D eigenvalue weighted by molar-refractivity contribution is 5.77. The van der Waals surface area contributed by atoms with Crippen LogP contribution in [-0.2, 0) is 14.3 Å². The second kappa shape index (κ2) is 9.37. The summed E-state index contributed by atoms with van der Waals surface area (Å²) in [5.74, 6) is 1.52. The molecule has 0 unspecified atom stereocenters. The van der Waals surface area contributed by atoms with Gasteiger partial charge in [0.1, 0.15) is 6.61 Å². The molecular formula is C18H33N3O3. The number of rotatable bonds is 6. The Hall–Kier alpha value is -1.14. The van der Waals surface area contributed by atoms with E-state index in [1.807, 2.05) is 9.80 Å². The van der Waals surface area contributed by atoms with E-state index < -0.39 is 0 Å². The van der Waals surface area contributed by atoms with Gasteiger partial charge in [-0.05, 0) is 24.7 Å². The number of hydrogen-bond donors (Lipinski definition) is 0. The first-order valence-electron chi connectivity index (χ1n) is 9.26. The van der Waals surface area contributed by atoms with Gasteiger partial charge in [0.05, 0.1) is 0 Å². The Morgan fingerprint density at radius 3 is 2.08 bits per heavy atom. The summed E-state index contributed by atoms with van der Waals surface area (Å²) >= 11 is 0. The number of amides is 2. The standard InChI is InChI=1S/C18H33N3O3/c1-15(2)12-17(22)20-6-4-16(5-7-20)13-19-8-10-21(11-9-19)18(23)14-24-3/h15-16H,4-14H2,1-3H3. The van der Waals surface area contributed by atoms with Crippen molar-refractivity contribution in [2.45, 2.75) is 33.1 Å². The van der Waals surface area contributed by atoms with Crippen molar-refractivity contribution in [3.8, 4) is 0 Å². The van der Waals surface area contributed by atoms with E-state index in [1.54, 1.807) is 7.11 Å². The average Bonchev–Trinajstić information content (AvgIpc) is 2.56. The predicted octanol–water partition coefficient (Wildman–Crippen LogP) is 1.06. The maximum atomic E-state index is 12.1. The Labute approximate surface area is 146 Å². The lowest BCUT2D eigenvalue weighted by molar-refractivity contribution is -0.137. The maximum Gasteiger partial charge on any atom is 0.248 e. The van der Waals surface area contributed by atoms with Crippen LogP contribution in [0.15, 0.2) is 0 Å². The minimum absolute atomic E-state index is 0.0918. The van der Waals surface area contributed by atoms with Gasteiger partial charge < -0.3 is 14.5 Å². The summed E-state index contributed by atoms with van der Waals surface area (Å²) in [5, 5.41) is 0. The summed E-state index contributed by atoms with van der Waals surface area (Å²) in [7, 11) is 1.56. The van der Waals surface area contributed by atoms with E-state index in [9.17, 15) is 9.59 Å². The molecule has 2 saturated heterocycles. The molecule has 6 heteroatoms. The molecule has 2 amide bonds. The molecule has 138 valence electrons. The van der Waals surface area contributed by atoms with Crippen molar-refractivity contribution in [3.05, 3.63) is 0 Å². The molecule has 0 aromatic carbocycles. The predicted molar refractivity (Wildman–Crippen MR) is 93.7 cm³/mol. The van der Waals surface area contributed by atoms with Crippen LogP contribution in [0.4, 0.5) is 0 Å². The zero-order chi connectivity index (χ0) is 17.5. The zero-order valence-corrected chi connectivity index (χ0v) is 15.5. The van der Waals surface area contributed by atoms with Crippen molar-refractivity contribution in [1.29, 1.82) is 0 Å². The van der Waals surface area contributed by atoms with Crippen molar-refractivity contribution in [2.24, 2.45) is 11.8 Å². The monoisotopic (exact) mass is 339 g/mol. The van der Waals surface area contributed by atoms with Crippen LogP contribution in [-0.4, -0.2) is 86.0 Å². The molecule has 0 aromatic heterocycles. The highest BCUT2D eigenvalue weighted by atomic mass is 16.5. The highest BCUT2D eigenvalue weighted by Gasteiger charge is 2.26. The van der Waals surface area contributed by atoms with Crippen molar-refractivity contribution >= 4 is 11.8 Å². The fourth-order valence-electron chi connectivity index (χ4n) is 3.60. The molecule has 0 atom stereocenters. The Morgan fingerprint density at radius 2 is 1.54 bits per heavy atom. The van der Waals surface area contributed by atoms with Gasteiger partial charge in [-0.1, -0.05) is 13.8 Å². The van der Waals surface area contributed by atoms with E-state index in [1.165, 1.54) is 0 Å². The Morgan fingerprint density at radius 1 is 0.958 bits per heavy atom. The van der Waals surface area contributed by atoms with Gasteiger partial charge in [0, 0.05) is 59.3 Å². The van der Waals surface area contributed by atoms with Crippen LogP contribution in [0.5, 0.6) is 0 Å². The van der Waals surface area contributed by atoms with Crippen LogP contribution >= 0.6 is 0 Å². The first-order valence-corrected chi connectivity index (χ1v) is 9.26. The lowest BCUT2D eigenvalue weighted by atomic mass is 9.95. The number of ether oxygens (including phenoxy) is 1. The van der Waals surface area contributed by atoms with Crippen molar-refractivity contribution in [1.82, 2.24) is 14.7 Å². The van der Waals surface area contributed by atoms with Crippen LogP contribution in [0.25, 0.3) is 0 Å². The van der Waals surface area contributed by atoms with Crippen molar-refractivity contribution in [3.63, 3.8) is 0 Å². The number of hydrogen-bond acceptors (Lipinski definition) is 4. The highest BCUT2D eigenvalue weighted by Crippen LogP contribution is 2.20. The second-order valence-corrected chi connectivity index (χ2v) is 7.54. The molecular weight excluding hydrogens is 306 g/mol. The molecule has 6 nitrogen and oxygen atoms in total. The van der Waals surface area contributed by atoms with E-state index >= 15 is 0 Å². The molecule has 2 aliphatic heterocycles. The Bertz CT molecular complexity index is 412. The average molecular weight is 339 g/mol. The number of piperazine rings is 1. The fraction of sp³-hybridized carbons (Fsp3) is 0.889. The summed E-state index contributed by atoms with van der Waals surface area (Å²) in [4.78, 5) is 30.3. The van der Waals surface area contributed by atoms with E-state index in [0.717, 1.165) is 58.7 Å². The van der Waals surface area contributed by atoms with E-state index in [-0.39, 0.29) is 12.5 Å². The molecule has 0 bridgehead atoms. The first kappa shape index (κ1) is 19.2. The molecule has 2 fully saturated rings. The lowest BCUT2D eigenvalue weighted by Gasteiger charge is -2.39. The third-order valence-corrected chi connectivity index (χ3v) is 5.06. The van der Waals surface area contributed by atoms with Gasteiger partial charge in [-0.3, -0.25) is 14.5 Å². The summed E-state index contributed by atoms with van der Waals surface area (Å²) in [6, 6.07) is 0. The second-order valence-electron chi connectivity index (χ2n) is 7.54. The molecule has 0 N–H and O–H groups in total. The van der Waals surface area contributed by atoms with Crippen LogP contribution in [0.1, 0.15) is 33.1 Å².